The van der Waals surface area contributed by atoms with Crippen LogP contribution >= 0.6 is 0 Å². The molecule has 216 valence electrons. The molecule has 1 aliphatic heterocycles. The topological polar surface area (TPSA) is 80.0 Å². The van der Waals surface area contributed by atoms with Crippen LogP contribution in [0.4, 0.5) is 14.6 Å². The van der Waals surface area contributed by atoms with Gasteiger partial charge in [-0.15, -0.1) is 5.10 Å². The second-order valence-corrected chi connectivity index (χ2v) is 10.00. The van der Waals surface area contributed by atoms with Gasteiger partial charge in [0.05, 0.1) is 0 Å². The number of halogens is 2. The number of carbonyl (C=O) groups excluding carboxylic acids is 1. The van der Waals surface area contributed by atoms with Gasteiger partial charge in [0, 0.05) is 49.1 Å². The van der Waals surface area contributed by atoms with Crippen LogP contribution in [0.2, 0.25) is 0 Å². The molecule has 4 aromatic rings. The highest BCUT2D eigenvalue weighted by atomic mass is 19.1. The van der Waals surface area contributed by atoms with E-state index in [4.69, 9.17) is 0 Å². The zero-order chi connectivity index (χ0) is 29.4. The number of rotatable bonds is 5. The Morgan fingerprint density at radius 1 is 0.878 bits per heavy atom. The molecule has 2 aromatic heterocycles. The molecule has 1 amide bonds. The van der Waals surface area contributed by atoms with Gasteiger partial charge in [-0.3, -0.25) is 4.79 Å². The van der Waals surface area contributed by atoms with E-state index in [9.17, 15) is 13.6 Å². The minimum atomic E-state index is -0.369. The average molecular weight is 562 g/mol. The van der Waals surface area contributed by atoms with Crippen LogP contribution in [0.5, 0.6) is 0 Å². The van der Waals surface area contributed by atoms with Gasteiger partial charge in [-0.1, -0.05) is 33.6 Å². The highest BCUT2D eigenvalue weighted by Gasteiger charge is 2.24. The lowest BCUT2D eigenvalue weighted by atomic mass is 10.2. The highest BCUT2D eigenvalue weighted by Crippen LogP contribution is 2.27. The fourth-order valence-corrected chi connectivity index (χ4v) is 4.18. The van der Waals surface area contributed by atoms with E-state index in [1.807, 2.05) is 26.8 Å². The summed E-state index contributed by atoms with van der Waals surface area (Å²) in [5.74, 6) is 1.91. The summed E-state index contributed by atoms with van der Waals surface area (Å²) in [4.78, 5) is 30.1. The fourth-order valence-electron chi connectivity index (χ4n) is 4.18. The van der Waals surface area contributed by atoms with Crippen LogP contribution in [0.15, 0.2) is 60.9 Å². The summed E-state index contributed by atoms with van der Waals surface area (Å²) in [6.07, 6.45) is 4.52. The number of carbonyl (C=O) groups is 1. The Morgan fingerprint density at radius 3 is 1.98 bits per heavy atom. The lowest BCUT2D eigenvalue weighted by Gasteiger charge is -2.35. The van der Waals surface area contributed by atoms with Crippen molar-refractivity contribution in [1.29, 1.82) is 0 Å². The third-order valence-corrected chi connectivity index (χ3v) is 6.77. The lowest BCUT2D eigenvalue weighted by Crippen LogP contribution is -2.50. The summed E-state index contributed by atoms with van der Waals surface area (Å²) in [5.41, 5.74) is 2.14. The maximum Gasteiger partial charge on any atom is 0.244 e. The van der Waals surface area contributed by atoms with Crippen molar-refractivity contribution < 1.29 is 13.6 Å². The van der Waals surface area contributed by atoms with Gasteiger partial charge in [0.2, 0.25) is 5.91 Å². The van der Waals surface area contributed by atoms with E-state index in [1.54, 1.807) is 35.5 Å². The molecule has 1 saturated heterocycles. The number of aryl methyl sites for hydroxylation is 1. The van der Waals surface area contributed by atoms with Crippen LogP contribution in [0.1, 0.15) is 39.3 Å². The number of anilines is 1. The van der Waals surface area contributed by atoms with Crippen molar-refractivity contribution in [3.8, 4) is 22.8 Å². The summed E-state index contributed by atoms with van der Waals surface area (Å²) < 4.78 is 28.4. The van der Waals surface area contributed by atoms with E-state index in [0.717, 1.165) is 17.4 Å². The summed E-state index contributed by atoms with van der Waals surface area (Å²) in [6, 6.07) is 13.6. The molecule has 1 aliphatic carbocycles. The molecule has 0 atom stereocenters. The Morgan fingerprint density at radius 2 is 1.44 bits per heavy atom. The van der Waals surface area contributed by atoms with Gasteiger partial charge in [-0.05, 0) is 61.4 Å². The molecule has 2 aromatic carbocycles. The van der Waals surface area contributed by atoms with Crippen LogP contribution in [0.25, 0.3) is 22.8 Å². The molecule has 6 rings (SSSR count). The van der Waals surface area contributed by atoms with E-state index >= 15 is 0 Å². The number of amides is 1. The minimum Gasteiger partial charge on any atom is -0.353 e. The molecule has 0 bridgehead atoms. The van der Waals surface area contributed by atoms with Crippen LogP contribution in [-0.4, -0.2) is 61.7 Å². The van der Waals surface area contributed by atoms with Crippen molar-refractivity contribution >= 4 is 11.7 Å². The first-order chi connectivity index (χ1) is 19.9. The predicted octanol–water partition coefficient (Wildman–Crippen LogP) is 5.78. The molecule has 8 nitrogen and oxygen atoms in total. The summed E-state index contributed by atoms with van der Waals surface area (Å²) >= 11 is 0. The molecule has 41 heavy (non-hydrogen) atoms. The first-order valence-electron chi connectivity index (χ1n) is 14.1. The quantitative estimate of drug-likeness (QED) is 0.307. The van der Waals surface area contributed by atoms with Gasteiger partial charge in [0.1, 0.15) is 30.3 Å². The van der Waals surface area contributed by atoms with Crippen molar-refractivity contribution in [2.24, 2.45) is 5.92 Å². The predicted molar refractivity (Wildman–Crippen MR) is 156 cm³/mol. The number of hydrogen-bond acceptors (Lipinski definition) is 6. The van der Waals surface area contributed by atoms with Gasteiger partial charge in [-0.2, -0.15) is 0 Å². The molecule has 0 spiro atoms. The number of piperazine rings is 1. The largest absolute Gasteiger partial charge is 0.353 e. The second-order valence-electron chi connectivity index (χ2n) is 10.00. The van der Waals surface area contributed by atoms with Crippen LogP contribution in [-0.2, 0) is 11.3 Å². The van der Waals surface area contributed by atoms with Gasteiger partial charge >= 0.3 is 0 Å². The van der Waals surface area contributed by atoms with Gasteiger partial charge in [0.25, 0.3) is 0 Å². The molecule has 0 radical (unpaired) electrons. The Kier molecular flexibility index (Phi) is 10.1. The lowest BCUT2D eigenvalue weighted by molar-refractivity contribution is -0.132. The zero-order valence-corrected chi connectivity index (χ0v) is 24.1. The van der Waals surface area contributed by atoms with Crippen LogP contribution in [0.3, 0.4) is 0 Å². The molecule has 3 heterocycles. The Labute approximate surface area is 240 Å². The summed E-state index contributed by atoms with van der Waals surface area (Å²) in [5, 5.41) is 4.53. The third kappa shape index (κ3) is 8.15. The van der Waals surface area contributed by atoms with Gasteiger partial charge in [0.15, 0.2) is 11.6 Å². The molecule has 2 aliphatic rings. The van der Waals surface area contributed by atoms with Gasteiger partial charge in [-0.25, -0.2) is 28.4 Å². The molecular formula is C31H37F2N7O. The Balaban J connectivity index is 0.000000584. The van der Waals surface area contributed by atoms with Crippen molar-refractivity contribution in [3.05, 3.63) is 78.3 Å². The molecule has 0 unspecified atom stereocenters. The normalized spacial score (nSPS) is 14.5. The molecule has 0 N–H and O–H groups in total. The monoisotopic (exact) mass is 561 g/mol. The summed E-state index contributed by atoms with van der Waals surface area (Å²) in [7, 11) is 0. The fraction of sp³-hybridized carbons (Fsp3) is 0.387. The number of nitrogens with zero attached hydrogens (tertiary/aromatic N) is 7. The average Bonchev–Trinajstić information content (AvgIpc) is 3.67. The standard InChI is InChI=1S/C25H23F2N7O.C4H8.C2H6/c1-17-14-22(29-16-28-17)32-10-12-33(13-11-32)23(35)15-34-25(19-4-8-21(27)9-5-19)30-24(31-34)18-2-6-20(26)7-3-18;1-4-2-3-4;1-2/h2-9,14,16H,10-13,15H2,1H3;4H,2-3H2,1H3;1-2H3. The van der Waals surface area contributed by atoms with Crippen molar-refractivity contribution in [2.75, 3.05) is 31.1 Å². The maximum absolute atomic E-state index is 13.5. The van der Waals surface area contributed by atoms with Crippen molar-refractivity contribution in [2.45, 2.75) is 47.1 Å². The number of aromatic nitrogens is 5. The van der Waals surface area contributed by atoms with Crippen molar-refractivity contribution in [1.82, 2.24) is 29.6 Å². The number of hydrogen-bond donors (Lipinski definition) is 0. The van der Waals surface area contributed by atoms with Crippen LogP contribution in [0, 0.1) is 24.5 Å². The number of benzene rings is 2. The van der Waals surface area contributed by atoms with E-state index in [-0.39, 0.29) is 24.1 Å². The van der Waals surface area contributed by atoms with Crippen LogP contribution < -0.4 is 4.90 Å². The molecule has 2 fully saturated rings. The minimum absolute atomic E-state index is 0.0203. The van der Waals surface area contributed by atoms with Crippen molar-refractivity contribution in [3.63, 3.8) is 0 Å². The smallest absolute Gasteiger partial charge is 0.244 e. The summed E-state index contributed by atoms with van der Waals surface area (Å²) in [6.45, 7) is 10.6. The molecule has 1 saturated carbocycles. The first kappa shape index (κ1) is 29.8. The Hall–Kier alpha value is -4.21. The van der Waals surface area contributed by atoms with E-state index < -0.39 is 0 Å². The second kappa shape index (κ2) is 13.9. The highest BCUT2D eigenvalue weighted by molar-refractivity contribution is 5.77. The molecule has 10 heteroatoms. The third-order valence-electron chi connectivity index (χ3n) is 6.77. The van der Waals surface area contributed by atoms with E-state index in [2.05, 4.69) is 31.9 Å². The van der Waals surface area contributed by atoms with E-state index in [0.29, 0.717) is 49.0 Å². The van der Waals surface area contributed by atoms with E-state index in [1.165, 1.54) is 41.8 Å². The molecular weight excluding hydrogens is 524 g/mol. The van der Waals surface area contributed by atoms with Gasteiger partial charge < -0.3 is 9.80 Å². The Bertz CT molecular complexity index is 1410. The maximum atomic E-state index is 13.5. The SMILES string of the molecule is CC.CC1CC1.Cc1cc(N2CCN(C(=O)Cn3nc(-c4ccc(F)cc4)nc3-c3ccc(F)cc3)CC2)ncn1. The first-order valence-corrected chi connectivity index (χ1v) is 14.1. The zero-order valence-electron chi connectivity index (χ0n) is 24.1.